The number of rotatable bonds is 1. The van der Waals surface area contributed by atoms with Crippen molar-refractivity contribution in [1.29, 1.82) is 0 Å². The minimum Gasteiger partial charge on any atom is -0.304 e. The van der Waals surface area contributed by atoms with E-state index < -0.39 is 0 Å². The molecule has 2 aromatic heterocycles. The molecule has 2 nitrogen and oxygen atoms in total. The van der Waals surface area contributed by atoms with E-state index >= 15 is 0 Å². The van der Waals surface area contributed by atoms with E-state index in [0.717, 1.165) is 9.53 Å². The molecule has 0 saturated carbocycles. The fourth-order valence-electron chi connectivity index (χ4n) is 1.50. The van der Waals surface area contributed by atoms with Crippen LogP contribution in [0.1, 0.15) is 0 Å². The minimum atomic E-state index is 0.0239. The van der Waals surface area contributed by atoms with E-state index in [1.165, 1.54) is 21.8 Å². The minimum absolute atomic E-state index is 0.0239. The number of benzene rings is 1. The van der Waals surface area contributed by atoms with Gasteiger partial charge in [-0.25, -0.2) is 0 Å². The SMILES string of the molecule is O=c1[nH]c2sc(-c3ccccc3)cc2s1. The standard InChI is InChI=1S/C11H7NOS2/c13-11-12-10-9(15-11)6-8(14-10)7-4-2-1-3-5-7/h1-6H,(H,12,13). The number of nitrogens with one attached hydrogen (secondary N) is 1. The van der Waals surface area contributed by atoms with Gasteiger partial charge in [-0.15, -0.1) is 11.3 Å². The number of fused-ring (bicyclic) bond motifs is 1. The normalized spacial score (nSPS) is 10.9. The van der Waals surface area contributed by atoms with Crippen LogP contribution in [0.25, 0.3) is 20.0 Å². The summed E-state index contributed by atoms with van der Waals surface area (Å²) < 4.78 is 1.05. The quantitative estimate of drug-likeness (QED) is 0.687. The average molecular weight is 233 g/mol. The Morgan fingerprint density at radius 1 is 1.07 bits per heavy atom. The van der Waals surface area contributed by atoms with Gasteiger partial charge in [0.25, 0.3) is 0 Å². The predicted molar refractivity (Wildman–Crippen MR) is 65.8 cm³/mol. The molecule has 0 amide bonds. The Balaban J connectivity index is 2.20. The van der Waals surface area contributed by atoms with Gasteiger partial charge in [-0.3, -0.25) is 4.79 Å². The van der Waals surface area contributed by atoms with E-state index in [1.807, 2.05) is 18.2 Å². The second-order valence-electron chi connectivity index (χ2n) is 3.18. The molecule has 0 fully saturated rings. The van der Waals surface area contributed by atoms with Crippen molar-refractivity contribution in [3.05, 3.63) is 46.1 Å². The van der Waals surface area contributed by atoms with Gasteiger partial charge in [-0.1, -0.05) is 41.7 Å². The lowest BCUT2D eigenvalue weighted by Gasteiger charge is -1.93. The first-order chi connectivity index (χ1) is 7.33. The molecule has 74 valence electrons. The second-order valence-corrected chi connectivity index (χ2v) is 5.25. The maximum atomic E-state index is 11.1. The van der Waals surface area contributed by atoms with Crippen molar-refractivity contribution < 1.29 is 0 Å². The third kappa shape index (κ3) is 1.52. The summed E-state index contributed by atoms with van der Waals surface area (Å²) >= 11 is 2.89. The maximum Gasteiger partial charge on any atom is 0.306 e. The Kier molecular flexibility index (Phi) is 1.97. The van der Waals surface area contributed by atoms with E-state index in [1.54, 1.807) is 11.3 Å². The molecule has 0 atom stereocenters. The molecule has 4 heteroatoms. The molecule has 0 radical (unpaired) electrons. The second kappa shape index (κ2) is 3.32. The van der Waals surface area contributed by atoms with Crippen molar-refractivity contribution in [1.82, 2.24) is 4.98 Å². The first kappa shape index (κ1) is 8.88. The fraction of sp³-hybridized carbons (Fsp3) is 0. The van der Waals surface area contributed by atoms with Crippen LogP contribution in [0.3, 0.4) is 0 Å². The molecule has 3 aromatic rings. The lowest BCUT2D eigenvalue weighted by Crippen LogP contribution is -1.88. The summed E-state index contributed by atoms with van der Waals surface area (Å²) in [5.74, 6) is 0. The van der Waals surface area contributed by atoms with E-state index in [-0.39, 0.29) is 4.87 Å². The van der Waals surface area contributed by atoms with Crippen LogP contribution in [0.15, 0.2) is 41.2 Å². The number of thiazole rings is 1. The summed E-state index contributed by atoms with van der Waals surface area (Å²) in [6.45, 7) is 0. The van der Waals surface area contributed by atoms with E-state index in [2.05, 4.69) is 23.2 Å². The number of aromatic amines is 1. The van der Waals surface area contributed by atoms with Gasteiger partial charge in [0, 0.05) is 4.88 Å². The van der Waals surface area contributed by atoms with Crippen molar-refractivity contribution in [2.24, 2.45) is 0 Å². The van der Waals surface area contributed by atoms with Gasteiger partial charge in [0.2, 0.25) is 0 Å². The molecular weight excluding hydrogens is 226 g/mol. The summed E-state index contributed by atoms with van der Waals surface area (Å²) in [4.78, 5) is 16.1. The van der Waals surface area contributed by atoms with Crippen molar-refractivity contribution in [2.45, 2.75) is 0 Å². The molecule has 0 spiro atoms. The van der Waals surface area contributed by atoms with Crippen LogP contribution >= 0.6 is 22.7 Å². The summed E-state index contributed by atoms with van der Waals surface area (Å²) in [5.41, 5.74) is 1.20. The van der Waals surface area contributed by atoms with Crippen LogP contribution in [0.2, 0.25) is 0 Å². The van der Waals surface area contributed by atoms with Crippen LogP contribution < -0.4 is 4.87 Å². The van der Waals surface area contributed by atoms with Gasteiger partial charge in [-0.05, 0) is 11.6 Å². The lowest BCUT2D eigenvalue weighted by atomic mass is 10.2. The zero-order valence-corrected chi connectivity index (χ0v) is 9.32. The van der Waals surface area contributed by atoms with Gasteiger partial charge >= 0.3 is 4.87 Å². The number of hydrogen-bond donors (Lipinski definition) is 1. The third-order valence-corrected chi connectivity index (χ3v) is 4.23. The zero-order chi connectivity index (χ0) is 10.3. The number of aromatic nitrogens is 1. The molecule has 0 unspecified atom stereocenters. The monoisotopic (exact) mass is 233 g/mol. The highest BCUT2D eigenvalue weighted by Crippen LogP contribution is 2.33. The highest BCUT2D eigenvalue weighted by Gasteiger charge is 2.06. The molecule has 0 bridgehead atoms. The first-order valence-electron chi connectivity index (χ1n) is 4.51. The molecule has 2 heterocycles. The molecule has 15 heavy (non-hydrogen) atoms. The summed E-state index contributed by atoms with van der Waals surface area (Å²) in [6, 6.07) is 12.3. The average Bonchev–Trinajstić information content (AvgIpc) is 2.76. The van der Waals surface area contributed by atoms with E-state index in [0.29, 0.717) is 0 Å². The number of H-pyrrole nitrogens is 1. The smallest absolute Gasteiger partial charge is 0.304 e. The van der Waals surface area contributed by atoms with Gasteiger partial charge in [-0.2, -0.15) is 0 Å². The molecule has 0 aliphatic rings. The molecule has 0 saturated heterocycles. The number of thiophene rings is 1. The van der Waals surface area contributed by atoms with E-state index in [4.69, 9.17) is 0 Å². The van der Waals surface area contributed by atoms with Crippen LogP contribution in [0.5, 0.6) is 0 Å². The van der Waals surface area contributed by atoms with Gasteiger partial charge in [0.1, 0.15) is 4.83 Å². The molecule has 1 aromatic carbocycles. The highest BCUT2D eigenvalue weighted by molar-refractivity contribution is 7.28. The van der Waals surface area contributed by atoms with Crippen LogP contribution in [-0.2, 0) is 0 Å². The van der Waals surface area contributed by atoms with Crippen LogP contribution in [0.4, 0.5) is 0 Å². The topological polar surface area (TPSA) is 32.9 Å². The lowest BCUT2D eigenvalue weighted by molar-refractivity contribution is 1.43. The maximum absolute atomic E-state index is 11.1. The fourth-order valence-corrected chi connectivity index (χ4v) is 3.52. The predicted octanol–water partition coefficient (Wildman–Crippen LogP) is 3.32. The Morgan fingerprint density at radius 3 is 2.60 bits per heavy atom. The summed E-state index contributed by atoms with van der Waals surface area (Å²) in [6.07, 6.45) is 0. The third-order valence-electron chi connectivity index (χ3n) is 2.17. The Bertz CT molecular complexity index is 613. The largest absolute Gasteiger partial charge is 0.306 e. The molecule has 0 aliphatic carbocycles. The number of hydrogen-bond acceptors (Lipinski definition) is 3. The molecule has 3 rings (SSSR count). The van der Waals surface area contributed by atoms with Crippen LogP contribution in [0, 0.1) is 0 Å². The van der Waals surface area contributed by atoms with Crippen molar-refractivity contribution in [3.8, 4) is 10.4 Å². The van der Waals surface area contributed by atoms with E-state index in [9.17, 15) is 4.79 Å². The zero-order valence-electron chi connectivity index (χ0n) is 7.69. The highest BCUT2D eigenvalue weighted by atomic mass is 32.1. The Hall–Kier alpha value is -1.39. The summed E-state index contributed by atoms with van der Waals surface area (Å²) in [7, 11) is 0. The first-order valence-corrected chi connectivity index (χ1v) is 6.14. The molecule has 0 aliphatic heterocycles. The van der Waals surface area contributed by atoms with Gasteiger partial charge in [0.05, 0.1) is 4.70 Å². The molecule has 1 N–H and O–H groups in total. The van der Waals surface area contributed by atoms with Crippen molar-refractivity contribution in [3.63, 3.8) is 0 Å². The van der Waals surface area contributed by atoms with Gasteiger partial charge in [0.15, 0.2) is 0 Å². The van der Waals surface area contributed by atoms with Crippen molar-refractivity contribution >= 4 is 32.2 Å². The Labute approximate surface area is 93.8 Å². The molecular formula is C11H7NOS2. The van der Waals surface area contributed by atoms with Gasteiger partial charge < -0.3 is 4.98 Å². The Morgan fingerprint density at radius 2 is 1.87 bits per heavy atom. The van der Waals surface area contributed by atoms with Crippen LogP contribution in [-0.4, -0.2) is 4.98 Å². The van der Waals surface area contributed by atoms with Crippen molar-refractivity contribution in [2.75, 3.05) is 0 Å². The summed E-state index contributed by atoms with van der Waals surface area (Å²) in [5, 5.41) is 0.